The third-order valence-corrected chi connectivity index (χ3v) is 5.75. The number of hydrogen-bond acceptors (Lipinski definition) is 7. The van der Waals surface area contributed by atoms with Crippen LogP contribution in [0.25, 0.3) is 11.0 Å². The molecule has 8 heteroatoms. The minimum Gasteiger partial charge on any atom is -0.496 e. The van der Waals surface area contributed by atoms with Crippen LogP contribution in [-0.4, -0.2) is 40.9 Å². The van der Waals surface area contributed by atoms with Crippen molar-refractivity contribution in [3.8, 4) is 5.75 Å². The third-order valence-electron chi connectivity index (χ3n) is 5.75. The van der Waals surface area contributed by atoms with Gasteiger partial charge < -0.3 is 14.5 Å². The minimum absolute atomic E-state index is 0.176. The molecule has 8 nitrogen and oxygen atoms in total. The van der Waals surface area contributed by atoms with Crippen LogP contribution in [0.15, 0.2) is 76.3 Å². The van der Waals surface area contributed by atoms with Crippen molar-refractivity contribution >= 4 is 22.9 Å². The van der Waals surface area contributed by atoms with E-state index < -0.39 is 0 Å². The van der Waals surface area contributed by atoms with Gasteiger partial charge >= 0.3 is 0 Å². The van der Waals surface area contributed by atoms with Crippen LogP contribution in [0, 0.1) is 0 Å². The number of methoxy groups -OCH3 is 1. The molecular formula is C23H22N6O2. The first-order valence-corrected chi connectivity index (χ1v) is 10.2. The normalized spacial score (nSPS) is 18.3. The number of anilines is 1. The molecule has 4 heterocycles. The number of aliphatic imine (C=N–C) groups is 1. The van der Waals surface area contributed by atoms with Gasteiger partial charge in [-0.2, -0.15) is 0 Å². The topological polar surface area (TPSA) is 71.1 Å². The molecule has 6 rings (SSSR count). The van der Waals surface area contributed by atoms with Gasteiger partial charge in [-0.3, -0.25) is 14.4 Å². The van der Waals surface area contributed by atoms with Crippen molar-refractivity contribution < 1.29 is 9.15 Å². The molecule has 2 aliphatic rings. The number of furan rings is 1. The molecule has 4 aromatic rings. The Balaban J connectivity index is 1.46. The Morgan fingerprint density at radius 1 is 1.10 bits per heavy atom. The summed E-state index contributed by atoms with van der Waals surface area (Å²) >= 11 is 0. The molecular weight excluding hydrogens is 392 g/mol. The number of hydrogen-bond donors (Lipinski definition) is 1. The van der Waals surface area contributed by atoms with E-state index in [9.17, 15) is 0 Å². The molecule has 1 N–H and O–H groups in total. The number of aromatic nitrogens is 2. The summed E-state index contributed by atoms with van der Waals surface area (Å²) in [6.45, 7) is 1.93. The standard InChI is InChI=1S/C23H22N6O2/c1-30-20-11-5-2-8-17(20)21-26-22-24-14-27(13-16-7-6-12-31-16)15-28(22)23-25-18-9-3-4-10-19(18)29(21)23/h2-12,21H,13-15H2,1H3,(H,24,26). The lowest BCUT2D eigenvalue weighted by molar-refractivity contribution is 0.242. The fourth-order valence-electron chi connectivity index (χ4n) is 4.34. The van der Waals surface area contributed by atoms with Crippen molar-refractivity contribution in [2.75, 3.05) is 25.3 Å². The number of fused-ring (bicyclic) bond motifs is 5. The van der Waals surface area contributed by atoms with E-state index in [1.807, 2.05) is 48.5 Å². The Labute approximate surface area is 179 Å². The maximum atomic E-state index is 5.67. The van der Waals surface area contributed by atoms with E-state index in [1.165, 1.54) is 0 Å². The summed E-state index contributed by atoms with van der Waals surface area (Å²) in [4.78, 5) is 14.2. The van der Waals surface area contributed by atoms with Gasteiger partial charge in [-0.1, -0.05) is 30.3 Å². The van der Waals surface area contributed by atoms with Crippen LogP contribution in [-0.2, 0) is 6.54 Å². The third kappa shape index (κ3) is 2.95. The van der Waals surface area contributed by atoms with Crippen LogP contribution in [0.1, 0.15) is 17.5 Å². The maximum Gasteiger partial charge on any atom is 0.216 e. The predicted octanol–water partition coefficient (Wildman–Crippen LogP) is 3.38. The van der Waals surface area contributed by atoms with Gasteiger partial charge in [0.1, 0.15) is 17.7 Å². The van der Waals surface area contributed by atoms with E-state index in [0.717, 1.165) is 40.0 Å². The van der Waals surface area contributed by atoms with Crippen LogP contribution in [0.2, 0.25) is 0 Å². The zero-order chi connectivity index (χ0) is 20.8. The number of benzene rings is 2. The van der Waals surface area contributed by atoms with Gasteiger partial charge in [0.25, 0.3) is 0 Å². The summed E-state index contributed by atoms with van der Waals surface area (Å²) in [5.41, 5.74) is 3.04. The number of imidazole rings is 1. The lowest BCUT2D eigenvalue weighted by Gasteiger charge is -2.41. The molecule has 1 unspecified atom stereocenters. The SMILES string of the molecule is COc1ccccc1C1NC2=NCN(Cc3ccco3)CN2c2nc3ccccc3n21. The van der Waals surface area contributed by atoms with Crippen LogP contribution < -0.4 is 15.0 Å². The second-order valence-electron chi connectivity index (χ2n) is 7.66. The summed E-state index contributed by atoms with van der Waals surface area (Å²) in [6, 6.07) is 20.2. The van der Waals surface area contributed by atoms with Gasteiger partial charge in [-0.15, -0.1) is 0 Å². The molecule has 0 spiro atoms. The van der Waals surface area contributed by atoms with E-state index in [1.54, 1.807) is 13.4 Å². The number of nitrogens with one attached hydrogen (secondary N) is 1. The lowest BCUT2D eigenvalue weighted by atomic mass is 10.1. The summed E-state index contributed by atoms with van der Waals surface area (Å²) in [5, 5.41) is 3.63. The molecule has 0 amide bonds. The first-order chi connectivity index (χ1) is 15.3. The largest absolute Gasteiger partial charge is 0.496 e. The zero-order valence-electron chi connectivity index (χ0n) is 17.1. The monoisotopic (exact) mass is 414 g/mol. The molecule has 2 aliphatic heterocycles. The van der Waals surface area contributed by atoms with Gasteiger partial charge in [0.05, 0.1) is 44.3 Å². The highest BCUT2D eigenvalue weighted by atomic mass is 16.5. The fraction of sp³-hybridized carbons (Fsp3) is 0.217. The highest BCUT2D eigenvalue weighted by molar-refractivity contribution is 5.99. The summed E-state index contributed by atoms with van der Waals surface area (Å²) in [7, 11) is 1.70. The van der Waals surface area contributed by atoms with Crippen molar-refractivity contribution in [3.63, 3.8) is 0 Å². The molecule has 156 valence electrons. The number of rotatable bonds is 4. The average Bonchev–Trinajstić information content (AvgIpc) is 3.46. The smallest absolute Gasteiger partial charge is 0.216 e. The Hall–Kier alpha value is -3.78. The van der Waals surface area contributed by atoms with Crippen LogP contribution in [0.5, 0.6) is 5.75 Å². The van der Waals surface area contributed by atoms with Gasteiger partial charge in [0.15, 0.2) is 0 Å². The van der Waals surface area contributed by atoms with E-state index in [-0.39, 0.29) is 6.17 Å². The highest BCUT2D eigenvalue weighted by Gasteiger charge is 2.36. The van der Waals surface area contributed by atoms with E-state index in [2.05, 4.69) is 31.8 Å². The Kier molecular flexibility index (Phi) is 4.17. The van der Waals surface area contributed by atoms with Gasteiger partial charge in [0, 0.05) is 5.56 Å². The minimum atomic E-state index is -0.176. The number of para-hydroxylation sites is 3. The van der Waals surface area contributed by atoms with E-state index >= 15 is 0 Å². The number of ether oxygens (including phenoxy) is 1. The van der Waals surface area contributed by atoms with Crippen LogP contribution in [0.3, 0.4) is 0 Å². The van der Waals surface area contributed by atoms with Gasteiger partial charge in [-0.25, -0.2) is 9.98 Å². The first kappa shape index (κ1) is 18.0. The zero-order valence-corrected chi connectivity index (χ0v) is 17.1. The molecule has 0 radical (unpaired) electrons. The summed E-state index contributed by atoms with van der Waals surface area (Å²) < 4.78 is 13.4. The second kappa shape index (κ2) is 7.17. The number of guanidine groups is 1. The van der Waals surface area contributed by atoms with Crippen molar-refractivity contribution in [3.05, 3.63) is 78.3 Å². The van der Waals surface area contributed by atoms with Crippen molar-refractivity contribution in [2.45, 2.75) is 12.7 Å². The van der Waals surface area contributed by atoms with Gasteiger partial charge in [0.2, 0.25) is 11.9 Å². The first-order valence-electron chi connectivity index (χ1n) is 10.2. The molecule has 0 saturated carbocycles. The Bertz CT molecular complexity index is 1260. The maximum absolute atomic E-state index is 5.67. The molecule has 0 saturated heterocycles. The Morgan fingerprint density at radius 2 is 1.97 bits per heavy atom. The lowest BCUT2D eigenvalue weighted by Crippen LogP contribution is -2.57. The predicted molar refractivity (Wildman–Crippen MR) is 118 cm³/mol. The van der Waals surface area contributed by atoms with E-state index in [4.69, 9.17) is 19.1 Å². The molecule has 2 aromatic heterocycles. The molecule has 1 atom stereocenters. The number of nitrogens with zero attached hydrogens (tertiary/aromatic N) is 5. The van der Waals surface area contributed by atoms with E-state index in [0.29, 0.717) is 19.9 Å². The quantitative estimate of drug-likeness (QED) is 0.552. The molecule has 2 aromatic carbocycles. The molecule has 0 bridgehead atoms. The van der Waals surface area contributed by atoms with Crippen LogP contribution in [0.4, 0.5) is 5.95 Å². The van der Waals surface area contributed by atoms with Crippen molar-refractivity contribution in [2.24, 2.45) is 4.99 Å². The van der Waals surface area contributed by atoms with Crippen molar-refractivity contribution in [1.82, 2.24) is 19.8 Å². The highest BCUT2D eigenvalue weighted by Crippen LogP contribution is 2.36. The molecule has 0 fully saturated rings. The average molecular weight is 414 g/mol. The molecule has 0 aliphatic carbocycles. The van der Waals surface area contributed by atoms with Gasteiger partial charge in [-0.05, 0) is 30.3 Å². The van der Waals surface area contributed by atoms with Crippen LogP contribution >= 0.6 is 0 Å². The Morgan fingerprint density at radius 3 is 2.84 bits per heavy atom. The fourth-order valence-corrected chi connectivity index (χ4v) is 4.34. The second-order valence-corrected chi connectivity index (χ2v) is 7.66. The summed E-state index contributed by atoms with van der Waals surface area (Å²) in [6.07, 6.45) is 1.53. The molecule has 31 heavy (non-hydrogen) atoms. The summed E-state index contributed by atoms with van der Waals surface area (Å²) in [5.74, 6) is 3.42. The van der Waals surface area contributed by atoms with Crippen molar-refractivity contribution in [1.29, 1.82) is 0 Å².